The number of carbonyl (C=O) groups excluding carboxylic acids is 1. The molecule has 32 heavy (non-hydrogen) atoms. The van der Waals surface area contributed by atoms with Crippen molar-refractivity contribution in [3.63, 3.8) is 0 Å². The van der Waals surface area contributed by atoms with E-state index in [1.807, 2.05) is 6.07 Å². The van der Waals surface area contributed by atoms with Gasteiger partial charge >= 0.3 is 0 Å². The third kappa shape index (κ3) is 4.30. The number of benzene rings is 2. The zero-order chi connectivity index (χ0) is 22.9. The molecule has 9 nitrogen and oxygen atoms in total. The van der Waals surface area contributed by atoms with Crippen molar-refractivity contribution in [3.05, 3.63) is 65.5 Å². The van der Waals surface area contributed by atoms with Crippen LogP contribution in [0.3, 0.4) is 0 Å². The smallest absolute Gasteiger partial charge is 0.264 e. The van der Waals surface area contributed by atoms with Crippen LogP contribution in [0.1, 0.15) is 16.8 Å². The maximum atomic E-state index is 12.6. The molecule has 0 aliphatic heterocycles. The highest BCUT2D eigenvalue weighted by molar-refractivity contribution is 7.92. The predicted molar refractivity (Wildman–Crippen MR) is 118 cm³/mol. The summed E-state index contributed by atoms with van der Waals surface area (Å²) in [6, 6.07) is 11.2. The third-order valence-corrected chi connectivity index (χ3v) is 6.39. The maximum Gasteiger partial charge on any atom is 0.264 e. The topological polar surface area (TPSA) is 124 Å². The molecule has 0 aliphatic rings. The summed E-state index contributed by atoms with van der Waals surface area (Å²) < 4.78 is 43.3. The van der Waals surface area contributed by atoms with E-state index in [1.54, 1.807) is 33.1 Å². The summed E-state index contributed by atoms with van der Waals surface area (Å²) in [5.41, 5.74) is 3.06. The van der Waals surface area contributed by atoms with Gasteiger partial charge in [-0.05, 0) is 56.3 Å². The molecule has 1 amide bonds. The van der Waals surface area contributed by atoms with Crippen LogP contribution in [0.25, 0.3) is 11.0 Å². The summed E-state index contributed by atoms with van der Waals surface area (Å²) in [6.45, 7) is 3.43. The number of nitrogens with one attached hydrogen (secondary N) is 2. The Labute approximate surface area is 184 Å². The molecule has 4 rings (SSSR count). The summed E-state index contributed by atoms with van der Waals surface area (Å²) in [4.78, 5) is 12.5. The number of methoxy groups -OCH3 is 1. The van der Waals surface area contributed by atoms with Gasteiger partial charge in [-0.3, -0.25) is 4.79 Å². The summed E-state index contributed by atoms with van der Waals surface area (Å²) in [7, 11) is -2.29. The van der Waals surface area contributed by atoms with Crippen LogP contribution in [-0.2, 0) is 21.2 Å². The number of carbonyl (C=O) groups is 1. The highest BCUT2D eigenvalue weighted by Crippen LogP contribution is 2.27. The van der Waals surface area contributed by atoms with Crippen molar-refractivity contribution in [2.24, 2.45) is 0 Å². The molecule has 0 spiro atoms. The first-order valence-corrected chi connectivity index (χ1v) is 11.1. The first-order chi connectivity index (χ1) is 15.3. The predicted octanol–water partition coefficient (Wildman–Crippen LogP) is 4.03. The number of ether oxygens (including phenoxy) is 1. The Kier molecular flexibility index (Phi) is 5.62. The van der Waals surface area contributed by atoms with Crippen molar-refractivity contribution in [1.29, 1.82) is 0 Å². The van der Waals surface area contributed by atoms with Crippen LogP contribution in [0.15, 0.2) is 62.6 Å². The van der Waals surface area contributed by atoms with Gasteiger partial charge in [0, 0.05) is 22.2 Å². The average molecular weight is 455 g/mol. The zero-order valence-corrected chi connectivity index (χ0v) is 18.4. The number of fused-ring (bicyclic) bond motifs is 1. The fourth-order valence-corrected chi connectivity index (χ4v) is 4.16. The molecule has 0 saturated carbocycles. The fraction of sp³-hybridized carbons (Fsp3) is 0.182. The number of hydrogen-bond donors (Lipinski definition) is 2. The Hall–Kier alpha value is -3.79. The molecule has 0 radical (unpaired) electrons. The van der Waals surface area contributed by atoms with Crippen LogP contribution in [0.5, 0.6) is 5.75 Å². The third-order valence-electron chi connectivity index (χ3n) is 5.04. The summed E-state index contributed by atoms with van der Waals surface area (Å²) >= 11 is 0. The number of aryl methyl sites for hydroxylation is 1. The van der Waals surface area contributed by atoms with Gasteiger partial charge in [-0.1, -0.05) is 5.16 Å². The molecule has 2 N–H and O–H groups in total. The Balaban J connectivity index is 1.44. The van der Waals surface area contributed by atoms with E-state index in [2.05, 4.69) is 15.2 Å². The highest BCUT2D eigenvalue weighted by atomic mass is 32.2. The minimum absolute atomic E-state index is 0.0249. The normalized spacial score (nSPS) is 11.5. The van der Waals surface area contributed by atoms with Gasteiger partial charge in [-0.25, -0.2) is 13.1 Å². The Morgan fingerprint density at radius 1 is 1.12 bits per heavy atom. The molecule has 0 fully saturated rings. The van der Waals surface area contributed by atoms with Gasteiger partial charge in [-0.2, -0.15) is 0 Å². The number of nitrogens with zero attached hydrogens (tertiary/aromatic N) is 1. The van der Waals surface area contributed by atoms with Gasteiger partial charge in [0.15, 0.2) is 0 Å². The highest BCUT2D eigenvalue weighted by Gasteiger charge is 2.19. The summed E-state index contributed by atoms with van der Waals surface area (Å²) in [5.74, 6) is 0.475. The molecule has 10 heteroatoms. The van der Waals surface area contributed by atoms with Crippen LogP contribution in [0.4, 0.5) is 11.6 Å². The summed E-state index contributed by atoms with van der Waals surface area (Å²) in [5, 5.41) is 7.29. The zero-order valence-electron chi connectivity index (χ0n) is 17.6. The van der Waals surface area contributed by atoms with E-state index >= 15 is 0 Å². The average Bonchev–Trinajstić information content (AvgIpc) is 3.31. The quantitative estimate of drug-likeness (QED) is 0.431. The standard InChI is InChI=1S/C22H21N3O6S/c1-13-14(2)24-31-22(13)25-32(27,28)18-7-4-16(5-8-18)23-21(26)10-15-12-30-20-9-6-17(29-3)11-19(15)20/h4-9,11-12,25H,10H2,1-3H3,(H,23,26). The number of sulfonamides is 1. The number of anilines is 2. The van der Waals surface area contributed by atoms with E-state index in [0.717, 1.165) is 10.9 Å². The molecule has 0 unspecified atom stereocenters. The summed E-state index contributed by atoms with van der Waals surface area (Å²) in [6.07, 6.45) is 1.63. The second kappa shape index (κ2) is 8.39. The van der Waals surface area contributed by atoms with Crippen molar-refractivity contribution >= 4 is 38.5 Å². The van der Waals surface area contributed by atoms with E-state index < -0.39 is 10.0 Å². The van der Waals surface area contributed by atoms with E-state index in [9.17, 15) is 13.2 Å². The first-order valence-electron chi connectivity index (χ1n) is 9.66. The number of hydrogen-bond acceptors (Lipinski definition) is 7. The van der Waals surface area contributed by atoms with Crippen LogP contribution >= 0.6 is 0 Å². The minimum atomic E-state index is -3.86. The molecule has 4 aromatic rings. The molecule has 2 aromatic carbocycles. The van der Waals surface area contributed by atoms with Gasteiger partial charge in [0.25, 0.3) is 10.0 Å². The molecule has 2 heterocycles. The Bertz CT molecular complexity index is 1390. The molecule has 0 bridgehead atoms. The van der Waals surface area contributed by atoms with Crippen molar-refractivity contribution in [2.75, 3.05) is 17.1 Å². The molecule has 166 valence electrons. The molecule has 0 saturated heterocycles. The van der Waals surface area contributed by atoms with Gasteiger partial charge in [-0.15, -0.1) is 0 Å². The van der Waals surface area contributed by atoms with Gasteiger partial charge in [0.05, 0.1) is 30.4 Å². The van der Waals surface area contributed by atoms with Crippen molar-refractivity contribution < 1.29 is 26.9 Å². The van der Waals surface area contributed by atoms with Gasteiger partial charge in [0.2, 0.25) is 11.8 Å². The lowest BCUT2D eigenvalue weighted by Gasteiger charge is -2.08. The molecule has 0 aliphatic carbocycles. The van der Waals surface area contributed by atoms with Crippen LogP contribution in [0, 0.1) is 13.8 Å². The number of amides is 1. The molecule has 2 aromatic heterocycles. The molecular weight excluding hydrogens is 434 g/mol. The van der Waals surface area contributed by atoms with Gasteiger partial charge in [0.1, 0.15) is 11.3 Å². The Morgan fingerprint density at radius 2 is 1.88 bits per heavy atom. The monoisotopic (exact) mass is 455 g/mol. The second-order valence-corrected chi connectivity index (χ2v) is 8.88. The number of furan rings is 1. The first kappa shape index (κ1) is 21.4. The number of aromatic nitrogens is 1. The van der Waals surface area contributed by atoms with Crippen LogP contribution in [-0.4, -0.2) is 26.6 Å². The van der Waals surface area contributed by atoms with E-state index in [4.69, 9.17) is 13.7 Å². The number of rotatable bonds is 7. The lowest BCUT2D eigenvalue weighted by molar-refractivity contribution is -0.115. The molecule has 0 atom stereocenters. The largest absolute Gasteiger partial charge is 0.497 e. The fourth-order valence-electron chi connectivity index (χ4n) is 3.11. The van der Waals surface area contributed by atoms with Crippen LogP contribution < -0.4 is 14.8 Å². The van der Waals surface area contributed by atoms with Crippen molar-refractivity contribution in [1.82, 2.24) is 5.16 Å². The lowest BCUT2D eigenvalue weighted by Crippen LogP contribution is -2.15. The van der Waals surface area contributed by atoms with Gasteiger partial charge < -0.3 is 19.0 Å². The maximum absolute atomic E-state index is 12.6. The SMILES string of the molecule is COc1ccc2occ(CC(=O)Nc3ccc(S(=O)(=O)Nc4onc(C)c4C)cc3)c2c1. The van der Waals surface area contributed by atoms with Crippen molar-refractivity contribution in [2.45, 2.75) is 25.2 Å². The lowest BCUT2D eigenvalue weighted by atomic mass is 10.1. The van der Waals surface area contributed by atoms with Crippen molar-refractivity contribution in [3.8, 4) is 5.75 Å². The second-order valence-electron chi connectivity index (χ2n) is 7.20. The van der Waals surface area contributed by atoms with E-state index in [-0.39, 0.29) is 23.1 Å². The molecular formula is C22H21N3O6S. The van der Waals surface area contributed by atoms with E-state index in [1.165, 1.54) is 30.5 Å². The Morgan fingerprint density at radius 3 is 2.53 bits per heavy atom. The van der Waals surface area contributed by atoms with E-state index in [0.29, 0.717) is 28.3 Å². The minimum Gasteiger partial charge on any atom is -0.497 e. The van der Waals surface area contributed by atoms with Crippen LogP contribution in [0.2, 0.25) is 0 Å².